The van der Waals surface area contributed by atoms with Gasteiger partial charge in [-0.25, -0.2) is 9.78 Å². The fourth-order valence-electron chi connectivity index (χ4n) is 10.6. The molecule has 2 unspecified atom stereocenters. The van der Waals surface area contributed by atoms with Crippen molar-refractivity contribution in [3.05, 3.63) is 73.5 Å². The van der Waals surface area contributed by atoms with E-state index in [1.165, 1.54) is 7.11 Å². The second-order valence-corrected chi connectivity index (χ2v) is 19.4. The summed E-state index contributed by atoms with van der Waals surface area (Å²) in [6.07, 6.45) is 1.82. The van der Waals surface area contributed by atoms with Crippen LogP contribution in [0.2, 0.25) is 0 Å². The van der Waals surface area contributed by atoms with Crippen LogP contribution in [0.4, 0.5) is 4.79 Å². The summed E-state index contributed by atoms with van der Waals surface area (Å²) < 4.78 is 40.5. The number of cyclic esters (lactones) is 1. The normalized spacial score (nSPS) is 35.0. The smallest absolute Gasteiger partial charge is 0.410 e. The Bertz CT molecular complexity index is 2170. The molecule has 2 aromatic heterocycles. The van der Waals surface area contributed by atoms with Crippen LogP contribution in [-0.4, -0.2) is 134 Å². The number of aliphatic hydroxyl groups excluding tert-OH is 1. The molecular formula is C50H71N5O11. The number of carbonyl (C=O) groups excluding carboxylic acids is 4. The van der Waals surface area contributed by atoms with Crippen LogP contribution in [0.25, 0.3) is 11.0 Å². The first-order valence-corrected chi connectivity index (χ1v) is 23.4. The van der Waals surface area contributed by atoms with E-state index in [-0.39, 0.29) is 37.3 Å². The van der Waals surface area contributed by atoms with Crippen molar-refractivity contribution >= 4 is 34.8 Å². The number of methoxy groups -OCH3 is 1. The van der Waals surface area contributed by atoms with Crippen LogP contribution in [0.1, 0.15) is 99.6 Å². The number of ketones is 1. The number of hydrogen-bond donors (Lipinski definition) is 1. The molecule has 3 aliphatic rings. The molecule has 5 heterocycles. The summed E-state index contributed by atoms with van der Waals surface area (Å²) in [5.41, 5.74) is -0.248. The zero-order chi connectivity index (χ0) is 48.2. The molecule has 66 heavy (non-hydrogen) atoms. The fourth-order valence-corrected chi connectivity index (χ4v) is 10.6. The van der Waals surface area contributed by atoms with Crippen LogP contribution in [0.15, 0.2) is 67.9 Å². The van der Waals surface area contributed by atoms with Gasteiger partial charge in [0.2, 0.25) is 0 Å². The van der Waals surface area contributed by atoms with Crippen molar-refractivity contribution in [3.63, 3.8) is 0 Å². The maximum absolute atomic E-state index is 15.0. The third-order valence-electron chi connectivity index (χ3n) is 14.6. The highest BCUT2D eigenvalue weighted by Gasteiger charge is 2.60. The highest BCUT2D eigenvalue weighted by molar-refractivity contribution is 5.85. The van der Waals surface area contributed by atoms with Crippen molar-refractivity contribution in [3.8, 4) is 0 Å². The number of rotatable bonds is 13. The zero-order valence-electron chi connectivity index (χ0n) is 40.5. The second kappa shape index (κ2) is 20.9. The minimum Gasteiger partial charge on any atom is -0.461 e. The van der Waals surface area contributed by atoms with Gasteiger partial charge >= 0.3 is 18.0 Å². The molecule has 1 aromatic carbocycles. The number of amides is 1. The average molecular weight is 918 g/mol. The Morgan fingerprint density at radius 1 is 1.08 bits per heavy atom. The molecule has 6 rings (SSSR count). The molecule has 0 radical (unpaired) electrons. The molecule has 1 N–H and O–H groups in total. The number of nitrogens with zero attached hydrogens (tertiary/aromatic N) is 5. The van der Waals surface area contributed by atoms with E-state index in [9.17, 15) is 24.3 Å². The maximum atomic E-state index is 15.0. The van der Waals surface area contributed by atoms with Crippen LogP contribution in [0, 0.1) is 23.7 Å². The third kappa shape index (κ3) is 10.5. The molecule has 3 fully saturated rings. The number of aliphatic hydroxyl groups is 1. The lowest BCUT2D eigenvalue weighted by Gasteiger charge is -2.48. The van der Waals surface area contributed by atoms with E-state index in [4.69, 9.17) is 28.4 Å². The molecule has 3 aromatic rings. The molecule has 1 amide bonds. The topological polar surface area (TPSA) is 181 Å². The number of aromatic nitrogens is 3. The number of hydrogen-bond acceptors (Lipinski definition) is 14. The largest absolute Gasteiger partial charge is 0.461 e. The van der Waals surface area contributed by atoms with E-state index in [2.05, 4.69) is 28.0 Å². The van der Waals surface area contributed by atoms with Crippen molar-refractivity contribution in [2.24, 2.45) is 23.7 Å². The van der Waals surface area contributed by atoms with Gasteiger partial charge in [0.25, 0.3) is 0 Å². The summed E-state index contributed by atoms with van der Waals surface area (Å²) in [6, 6.07) is 10.2. The van der Waals surface area contributed by atoms with Crippen LogP contribution in [0.5, 0.6) is 0 Å². The van der Waals surface area contributed by atoms with Gasteiger partial charge in [-0.05, 0) is 97.2 Å². The fraction of sp³-hybridized carbons (Fsp3) is 0.640. The number of likely N-dealkylation sites (N-methyl/N-ethyl adjacent to an activating group) is 1. The van der Waals surface area contributed by atoms with Gasteiger partial charge in [-0.2, -0.15) is 0 Å². The SMILES string of the molecule is C=CN(C)[C@H]1C[C@@H](C)OC(O[C@@H]2[C@@H](C)[C@H](OC(=O)Cc3cccnc3)[C@@H](C)C(=O)O[C@H](C)[C@@]3(C)OC(=O)N(CCCC(C)n4cnc5ccccc54)[C@@H]3[C@@H](C)C(=O)[C@H](C)C[C@@]2(C)OC)[C@@H]1O. The lowest BCUT2D eigenvalue weighted by molar-refractivity contribution is -0.301. The van der Waals surface area contributed by atoms with E-state index in [1.54, 1.807) is 70.2 Å². The summed E-state index contributed by atoms with van der Waals surface area (Å²) in [5, 5.41) is 11.8. The van der Waals surface area contributed by atoms with Gasteiger partial charge in [0, 0.05) is 56.9 Å². The van der Waals surface area contributed by atoms with Crippen LogP contribution < -0.4 is 0 Å². The van der Waals surface area contributed by atoms with E-state index < -0.39 is 95.7 Å². The third-order valence-corrected chi connectivity index (χ3v) is 14.6. The van der Waals surface area contributed by atoms with Crippen molar-refractivity contribution < 1.29 is 52.7 Å². The lowest BCUT2D eigenvalue weighted by Crippen LogP contribution is -2.60. The van der Waals surface area contributed by atoms with Crippen molar-refractivity contribution in [2.75, 3.05) is 20.7 Å². The molecule has 3 saturated heterocycles. The number of ether oxygens (including phenoxy) is 6. The highest BCUT2D eigenvalue weighted by atomic mass is 16.7. The standard InChI is InChI=1S/C50H71N5O11/c1-13-53(11)39-24-31(4)62-47(42(39)58)65-45-33(6)43(64-40(56)25-36-19-16-22-51-27-36)34(7)46(59)63-35(8)50(10)44(32(5)41(57)29(2)26-49(45,9)61-12)54(48(60)66-50)23-17-18-30(3)55-28-52-37-20-14-15-21-38(37)55/h13-16,19-22,27-35,39,42-45,47,58H,1,17-18,23-26H2,2-12H3/t29-,30?,31-,32+,33+,34-,35-,39+,42-,43+,44-,45-,47?,49-,50-/m1/s1. The Labute approximate surface area is 389 Å². The Morgan fingerprint density at radius 2 is 1.80 bits per heavy atom. The second-order valence-electron chi connectivity index (χ2n) is 19.4. The molecule has 15 atom stereocenters. The minimum absolute atomic E-state index is 0.0552. The number of imidazole rings is 1. The number of carbonyl (C=O) groups is 4. The van der Waals surface area contributed by atoms with Gasteiger partial charge in [-0.15, -0.1) is 0 Å². The number of fused-ring (bicyclic) bond motifs is 2. The van der Waals surface area contributed by atoms with E-state index in [0.717, 1.165) is 11.0 Å². The van der Waals surface area contributed by atoms with Gasteiger partial charge in [-0.3, -0.25) is 19.4 Å². The maximum Gasteiger partial charge on any atom is 0.410 e. The number of para-hydroxylation sites is 2. The van der Waals surface area contributed by atoms with Crippen LogP contribution in [0.3, 0.4) is 0 Å². The Morgan fingerprint density at radius 3 is 2.48 bits per heavy atom. The van der Waals surface area contributed by atoms with Crippen molar-refractivity contribution in [1.29, 1.82) is 0 Å². The number of Topliss-reactive ketones (excluding diaryl/α,β-unsaturated/α-hetero) is 1. The van der Waals surface area contributed by atoms with Crippen molar-refractivity contribution in [2.45, 2.75) is 161 Å². The lowest BCUT2D eigenvalue weighted by atomic mass is 9.73. The zero-order valence-corrected chi connectivity index (χ0v) is 40.5. The van der Waals surface area contributed by atoms with Gasteiger partial charge in [-0.1, -0.05) is 45.5 Å². The van der Waals surface area contributed by atoms with Crippen molar-refractivity contribution in [1.82, 2.24) is 24.3 Å². The number of benzene rings is 1. The van der Waals surface area contributed by atoms with Gasteiger partial charge in [0.1, 0.15) is 24.1 Å². The molecule has 0 saturated carbocycles. The van der Waals surface area contributed by atoms with Gasteiger partial charge in [0.15, 0.2) is 11.9 Å². The molecule has 0 spiro atoms. The molecular weight excluding hydrogens is 847 g/mol. The van der Waals surface area contributed by atoms with Gasteiger partial charge in [0.05, 0.1) is 59.6 Å². The first-order valence-electron chi connectivity index (χ1n) is 23.4. The van der Waals surface area contributed by atoms with E-state index in [1.807, 2.05) is 63.3 Å². The molecule has 16 nitrogen and oxygen atoms in total. The number of pyridine rings is 1. The predicted octanol–water partition coefficient (Wildman–Crippen LogP) is 6.69. The molecule has 0 bridgehead atoms. The average Bonchev–Trinajstić information content (AvgIpc) is 3.84. The molecule has 3 aliphatic heterocycles. The van der Waals surface area contributed by atoms with E-state index >= 15 is 0 Å². The van der Waals surface area contributed by atoms with Crippen LogP contribution >= 0.6 is 0 Å². The first-order chi connectivity index (χ1) is 31.2. The summed E-state index contributed by atoms with van der Waals surface area (Å²) in [7, 11) is 3.33. The molecule has 362 valence electrons. The molecule has 16 heteroatoms. The summed E-state index contributed by atoms with van der Waals surface area (Å²) >= 11 is 0. The molecule has 0 aliphatic carbocycles. The van der Waals surface area contributed by atoms with Gasteiger partial charge < -0.3 is 47.9 Å². The minimum atomic E-state index is -1.45. The highest BCUT2D eigenvalue weighted by Crippen LogP contribution is 2.43. The quantitative estimate of drug-likeness (QED) is 0.142. The summed E-state index contributed by atoms with van der Waals surface area (Å²) in [4.78, 5) is 69.7. The van der Waals surface area contributed by atoms with Crippen LogP contribution in [-0.2, 0) is 49.2 Å². The summed E-state index contributed by atoms with van der Waals surface area (Å²) in [6.45, 7) is 20.4. The Balaban J connectivity index is 1.36. The number of esters is 2. The van der Waals surface area contributed by atoms with E-state index in [0.29, 0.717) is 24.8 Å². The first kappa shape index (κ1) is 50.5. The summed E-state index contributed by atoms with van der Waals surface area (Å²) in [5.74, 6) is -4.90. The predicted molar refractivity (Wildman–Crippen MR) is 246 cm³/mol. The monoisotopic (exact) mass is 918 g/mol. The Kier molecular flexibility index (Phi) is 16.0. The Hall–Kier alpha value is -4.90.